The summed E-state index contributed by atoms with van der Waals surface area (Å²) in [5, 5.41) is 3.79. The van der Waals surface area contributed by atoms with Gasteiger partial charge in [-0.15, -0.1) is 0 Å². The van der Waals surface area contributed by atoms with E-state index in [9.17, 15) is 9.18 Å². The number of fused-ring (bicyclic) bond motifs is 1. The molecular formula is C15H17FN4O2. The van der Waals surface area contributed by atoms with Crippen LogP contribution in [0.4, 0.5) is 4.39 Å². The molecule has 2 heterocycles. The van der Waals surface area contributed by atoms with E-state index in [1.807, 2.05) is 6.92 Å². The Morgan fingerprint density at radius 2 is 2.36 bits per heavy atom. The Morgan fingerprint density at radius 3 is 3.09 bits per heavy atom. The van der Waals surface area contributed by atoms with Crippen molar-refractivity contribution in [3.05, 3.63) is 29.8 Å². The van der Waals surface area contributed by atoms with Gasteiger partial charge in [0.05, 0.1) is 16.7 Å². The fourth-order valence-electron chi connectivity index (χ4n) is 2.41. The van der Waals surface area contributed by atoms with Crippen LogP contribution < -0.4 is 0 Å². The highest BCUT2D eigenvalue weighted by Crippen LogP contribution is 2.15. The lowest BCUT2D eigenvalue weighted by Crippen LogP contribution is -2.37. The number of oxime groups is 1. The molecule has 1 aliphatic rings. The van der Waals surface area contributed by atoms with E-state index >= 15 is 0 Å². The molecule has 0 bridgehead atoms. The molecule has 22 heavy (non-hydrogen) atoms. The van der Waals surface area contributed by atoms with Crippen LogP contribution in [0.15, 0.2) is 23.4 Å². The van der Waals surface area contributed by atoms with E-state index in [4.69, 9.17) is 4.84 Å². The molecule has 3 rings (SSSR count). The molecule has 0 spiro atoms. The van der Waals surface area contributed by atoms with Crippen molar-refractivity contribution < 1.29 is 14.0 Å². The number of hydrogen-bond acceptors (Lipinski definition) is 4. The van der Waals surface area contributed by atoms with Gasteiger partial charge >= 0.3 is 0 Å². The number of nitrogens with one attached hydrogen (secondary N) is 1. The Kier molecular flexibility index (Phi) is 3.79. The number of hydrogen-bond donors (Lipinski definition) is 1. The summed E-state index contributed by atoms with van der Waals surface area (Å²) >= 11 is 0. The number of rotatable bonds is 4. The second-order valence-corrected chi connectivity index (χ2v) is 5.48. The molecule has 116 valence electrons. The molecule has 1 aliphatic heterocycles. The third kappa shape index (κ3) is 2.93. The summed E-state index contributed by atoms with van der Waals surface area (Å²) in [6.45, 7) is 2.33. The van der Waals surface area contributed by atoms with Crippen LogP contribution in [0.5, 0.6) is 0 Å². The molecule has 6 nitrogen and oxygen atoms in total. The van der Waals surface area contributed by atoms with Crippen LogP contribution >= 0.6 is 0 Å². The van der Waals surface area contributed by atoms with Crippen molar-refractivity contribution in [2.75, 3.05) is 13.6 Å². The van der Waals surface area contributed by atoms with E-state index in [0.29, 0.717) is 30.4 Å². The van der Waals surface area contributed by atoms with Crippen LogP contribution in [0, 0.1) is 5.82 Å². The number of nitrogens with zero attached hydrogens (tertiary/aromatic N) is 3. The van der Waals surface area contributed by atoms with Gasteiger partial charge in [0.2, 0.25) is 6.10 Å². The normalized spacial score (nSPS) is 17.4. The molecule has 0 aliphatic carbocycles. The molecule has 1 atom stereocenters. The number of carbonyl (C=O) groups is 1. The van der Waals surface area contributed by atoms with Crippen molar-refractivity contribution >= 4 is 22.7 Å². The van der Waals surface area contributed by atoms with Crippen LogP contribution in [0.3, 0.4) is 0 Å². The first-order valence-electron chi connectivity index (χ1n) is 7.11. The van der Waals surface area contributed by atoms with Crippen molar-refractivity contribution in [3.63, 3.8) is 0 Å². The van der Waals surface area contributed by atoms with E-state index < -0.39 is 6.10 Å². The smallest absolute Gasteiger partial charge is 0.266 e. The predicted octanol–water partition coefficient (Wildman–Crippen LogP) is 1.87. The highest BCUT2D eigenvalue weighted by molar-refractivity contribution is 5.91. The van der Waals surface area contributed by atoms with Gasteiger partial charge < -0.3 is 14.7 Å². The number of halogens is 1. The first kappa shape index (κ1) is 14.5. The summed E-state index contributed by atoms with van der Waals surface area (Å²) in [6, 6.07) is 4.42. The highest BCUT2D eigenvalue weighted by Gasteiger charge is 2.28. The number of imidazole rings is 1. The summed E-state index contributed by atoms with van der Waals surface area (Å²) in [7, 11) is 1.72. The second-order valence-electron chi connectivity index (χ2n) is 5.48. The summed E-state index contributed by atoms with van der Waals surface area (Å²) < 4.78 is 13.1. The highest BCUT2D eigenvalue weighted by atomic mass is 19.1. The minimum atomic E-state index is -0.519. The van der Waals surface area contributed by atoms with E-state index in [-0.39, 0.29) is 11.7 Å². The Labute approximate surface area is 127 Å². The van der Waals surface area contributed by atoms with Crippen molar-refractivity contribution in [2.24, 2.45) is 5.16 Å². The molecule has 7 heteroatoms. The average molecular weight is 304 g/mol. The zero-order chi connectivity index (χ0) is 15.7. The monoisotopic (exact) mass is 304 g/mol. The standard InChI is InChI=1S/C15H17FN4O2/c1-9-7-13(22-19-9)15(21)20(2)6-5-14-17-11-4-3-10(16)8-12(11)18-14/h3-4,8,13H,5-7H2,1-2H3,(H,17,18)/t13-/m0/s1. The number of aromatic nitrogens is 2. The number of amides is 1. The van der Waals surface area contributed by atoms with Gasteiger partial charge in [-0.3, -0.25) is 4.79 Å². The van der Waals surface area contributed by atoms with Crippen molar-refractivity contribution in [1.29, 1.82) is 0 Å². The lowest BCUT2D eigenvalue weighted by Gasteiger charge is -2.19. The fourth-order valence-corrected chi connectivity index (χ4v) is 2.41. The lowest BCUT2D eigenvalue weighted by atomic mass is 10.2. The van der Waals surface area contributed by atoms with Gasteiger partial charge in [0.15, 0.2) is 0 Å². The zero-order valence-electron chi connectivity index (χ0n) is 12.5. The fraction of sp³-hybridized carbons (Fsp3) is 0.400. The van der Waals surface area contributed by atoms with E-state index in [1.165, 1.54) is 12.1 Å². The van der Waals surface area contributed by atoms with Crippen LogP contribution in [0.25, 0.3) is 11.0 Å². The molecule has 2 aromatic rings. The third-order valence-electron chi connectivity index (χ3n) is 3.65. The molecule has 1 aromatic carbocycles. The Balaban J connectivity index is 1.60. The number of benzene rings is 1. The summed E-state index contributed by atoms with van der Waals surface area (Å²) in [5.74, 6) is 0.325. The molecular weight excluding hydrogens is 287 g/mol. The van der Waals surface area contributed by atoms with E-state index in [0.717, 1.165) is 11.5 Å². The minimum absolute atomic E-state index is 0.0947. The largest absolute Gasteiger partial charge is 0.382 e. The van der Waals surface area contributed by atoms with Crippen LogP contribution in [0.2, 0.25) is 0 Å². The maximum absolute atomic E-state index is 13.1. The van der Waals surface area contributed by atoms with Crippen LogP contribution in [-0.4, -0.2) is 46.2 Å². The maximum atomic E-state index is 13.1. The van der Waals surface area contributed by atoms with Crippen molar-refractivity contribution in [3.8, 4) is 0 Å². The van der Waals surface area contributed by atoms with E-state index in [1.54, 1.807) is 18.0 Å². The average Bonchev–Trinajstić information content (AvgIpc) is 3.09. The topological polar surface area (TPSA) is 70.6 Å². The number of H-pyrrole nitrogens is 1. The van der Waals surface area contributed by atoms with E-state index in [2.05, 4.69) is 15.1 Å². The Morgan fingerprint density at radius 1 is 1.55 bits per heavy atom. The zero-order valence-corrected chi connectivity index (χ0v) is 12.5. The van der Waals surface area contributed by atoms with Gasteiger partial charge in [-0.1, -0.05) is 5.16 Å². The molecule has 0 radical (unpaired) electrons. The van der Waals surface area contributed by atoms with Gasteiger partial charge in [0.1, 0.15) is 11.6 Å². The molecule has 1 aromatic heterocycles. The molecule has 0 fully saturated rings. The molecule has 0 saturated carbocycles. The third-order valence-corrected chi connectivity index (χ3v) is 3.65. The summed E-state index contributed by atoms with van der Waals surface area (Å²) in [5.41, 5.74) is 2.20. The molecule has 0 unspecified atom stereocenters. The quantitative estimate of drug-likeness (QED) is 0.937. The van der Waals surface area contributed by atoms with Gasteiger partial charge in [-0.05, 0) is 25.1 Å². The Hall–Kier alpha value is -2.44. The number of carbonyl (C=O) groups excluding carboxylic acids is 1. The van der Waals surface area contributed by atoms with Crippen LogP contribution in [-0.2, 0) is 16.1 Å². The van der Waals surface area contributed by atoms with Gasteiger partial charge in [0, 0.05) is 26.4 Å². The first-order chi connectivity index (χ1) is 10.5. The number of aromatic amines is 1. The second kappa shape index (κ2) is 5.75. The lowest BCUT2D eigenvalue weighted by molar-refractivity contribution is -0.140. The Bertz CT molecular complexity index is 740. The molecule has 0 saturated heterocycles. The van der Waals surface area contributed by atoms with Crippen molar-refractivity contribution in [1.82, 2.24) is 14.9 Å². The van der Waals surface area contributed by atoms with Gasteiger partial charge in [0.25, 0.3) is 5.91 Å². The van der Waals surface area contributed by atoms with Gasteiger partial charge in [-0.25, -0.2) is 9.37 Å². The van der Waals surface area contributed by atoms with Gasteiger partial charge in [-0.2, -0.15) is 0 Å². The summed E-state index contributed by atoms with van der Waals surface area (Å²) in [6.07, 6.45) is 0.577. The number of likely N-dealkylation sites (N-methyl/N-ethyl adjacent to an activating group) is 1. The van der Waals surface area contributed by atoms with Crippen molar-refractivity contribution in [2.45, 2.75) is 25.9 Å². The first-order valence-corrected chi connectivity index (χ1v) is 7.11. The minimum Gasteiger partial charge on any atom is -0.382 e. The SMILES string of the molecule is CC1=NO[C@H](C(=O)N(C)CCc2nc3ccc(F)cc3[nH]2)C1. The molecule has 1 amide bonds. The summed E-state index contributed by atoms with van der Waals surface area (Å²) in [4.78, 5) is 26.3. The predicted molar refractivity (Wildman–Crippen MR) is 80.0 cm³/mol. The molecule has 1 N–H and O–H groups in total. The maximum Gasteiger partial charge on any atom is 0.266 e. The van der Waals surface area contributed by atoms with Crippen LogP contribution in [0.1, 0.15) is 19.2 Å².